The van der Waals surface area contributed by atoms with E-state index >= 15 is 0 Å². The van der Waals surface area contributed by atoms with Crippen LogP contribution in [0.1, 0.15) is 10.4 Å². The number of hydrogen-bond acceptors (Lipinski definition) is 3. The van der Waals surface area contributed by atoms with E-state index in [0.29, 0.717) is 11.3 Å². The van der Waals surface area contributed by atoms with Gasteiger partial charge < -0.3 is 4.74 Å². The highest BCUT2D eigenvalue weighted by atomic mass is 16.5. The van der Waals surface area contributed by atoms with Gasteiger partial charge in [0.25, 0.3) is 0 Å². The second-order valence-corrected chi connectivity index (χ2v) is 2.14. The van der Waals surface area contributed by atoms with E-state index < -0.39 is 0 Å². The van der Waals surface area contributed by atoms with E-state index in [-0.39, 0.29) is 6.61 Å². The van der Waals surface area contributed by atoms with E-state index in [1.807, 2.05) is 6.07 Å². The second-order valence-electron chi connectivity index (χ2n) is 2.14. The molecule has 3 nitrogen and oxygen atoms in total. The van der Waals surface area contributed by atoms with Crippen molar-refractivity contribution in [2.75, 3.05) is 6.61 Å². The van der Waals surface area contributed by atoms with Gasteiger partial charge in [-0.05, 0) is 12.1 Å². The standard InChI is InChI=1S/C9H7NO2/c10-4-5-12-9-3-1-2-8(6-9)7-11/h1-3,6-7H,5H2. The van der Waals surface area contributed by atoms with E-state index in [0.717, 1.165) is 6.29 Å². The highest BCUT2D eigenvalue weighted by Gasteiger charge is 1.93. The van der Waals surface area contributed by atoms with E-state index in [1.54, 1.807) is 24.3 Å². The van der Waals surface area contributed by atoms with Gasteiger partial charge in [0, 0.05) is 5.56 Å². The van der Waals surface area contributed by atoms with Crippen LogP contribution in [0.2, 0.25) is 0 Å². The Kier molecular flexibility index (Phi) is 2.86. The Morgan fingerprint density at radius 2 is 2.42 bits per heavy atom. The van der Waals surface area contributed by atoms with Crippen molar-refractivity contribution in [1.29, 1.82) is 5.26 Å². The van der Waals surface area contributed by atoms with Crippen molar-refractivity contribution in [3.05, 3.63) is 29.8 Å². The van der Waals surface area contributed by atoms with Crippen LogP contribution in [0.25, 0.3) is 0 Å². The van der Waals surface area contributed by atoms with Crippen LogP contribution in [0.3, 0.4) is 0 Å². The van der Waals surface area contributed by atoms with E-state index in [4.69, 9.17) is 10.00 Å². The smallest absolute Gasteiger partial charge is 0.174 e. The van der Waals surface area contributed by atoms with Gasteiger partial charge in [-0.2, -0.15) is 5.26 Å². The molecule has 0 aromatic heterocycles. The first-order chi connectivity index (χ1) is 5.86. The highest BCUT2D eigenvalue weighted by molar-refractivity contribution is 5.75. The van der Waals surface area contributed by atoms with Gasteiger partial charge in [-0.15, -0.1) is 0 Å². The molecule has 1 aromatic carbocycles. The second kappa shape index (κ2) is 4.14. The summed E-state index contributed by atoms with van der Waals surface area (Å²) in [6.45, 7) is 0.00229. The largest absolute Gasteiger partial charge is 0.479 e. The van der Waals surface area contributed by atoms with Gasteiger partial charge in [0.2, 0.25) is 0 Å². The topological polar surface area (TPSA) is 50.1 Å². The first-order valence-electron chi connectivity index (χ1n) is 3.42. The lowest BCUT2D eigenvalue weighted by Gasteiger charge is -2.00. The molecule has 0 radical (unpaired) electrons. The zero-order valence-electron chi connectivity index (χ0n) is 6.36. The number of rotatable bonds is 3. The lowest BCUT2D eigenvalue weighted by molar-refractivity contribution is 0.112. The molecule has 0 atom stereocenters. The first-order valence-corrected chi connectivity index (χ1v) is 3.42. The van der Waals surface area contributed by atoms with Crippen LogP contribution in [0, 0.1) is 11.3 Å². The van der Waals surface area contributed by atoms with Crippen molar-refractivity contribution >= 4 is 6.29 Å². The predicted molar refractivity (Wildman–Crippen MR) is 42.9 cm³/mol. The van der Waals surface area contributed by atoms with Crippen LogP contribution >= 0.6 is 0 Å². The molecule has 12 heavy (non-hydrogen) atoms. The maximum absolute atomic E-state index is 10.3. The lowest BCUT2D eigenvalue weighted by atomic mass is 10.2. The van der Waals surface area contributed by atoms with Crippen LogP contribution in [0.15, 0.2) is 24.3 Å². The summed E-state index contributed by atoms with van der Waals surface area (Å²) in [5, 5.41) is 8.21. The average Bonchev–Trinajstić information content (AvgIpc) is 2.15. The highest BCUT2D eigenvalue weighted by Crippen LogP contribution is 2.11. The minimum Gasteiger partial charge on any atom is -0.479 e. The van der Waals surface area contributed by atoms with Crippen molar-refractivity contribution in [2.45, 2.75) is 0 Å². The summed E-state index contributed by atoms with van der Waals surface area (Å²) in [4.78, 5) is 10.3. The Morgan fingerprint density at radius 3 is 3.08 bits per heavy atom. The molecule has 60 valence electrons. The SMILES string of the molecule is N#CCOc1cccc(C=O)c1. The van der Waals surface area contributed by atoms with E-state index in [2.05, 4.69) is 0 Å². The number of carbonyl (C=O) groups is 1. The van der Waals surface area contributed by atoms with Crippen LogP contribution in [0.5, 0.6) is 5.75 Å². The quantitative estimate of drug-likeness (QED) is 0.629. The molecule has 0 aliphatic heterocycles. The molecule has 0 aliphatic rings. The van der Waals surface area contributed by atoms with Crippen molar-refractivity contribution in [1.82, 2.24) is 0 Å². The molecule has 0 saturated carbocycles. The third-order valence-electron chi connectivity index (χ3n) is 1.30. The maximum Gasteiger partial charge on any atom is 0.174 e. The number of hydrogen-bond donors (Lipinski definition) is 0. The van der Waals surface area contributed by atoms with E-state index in [9.17, 15) is 4.79 Å². The molecule has 0 bridgehead atoms. The fourth-order valence-electron chi connectivity index (χ4n) is 0.793. The Balaban J connectivity index is 2.74. The van der Waals surface area contributed by atoms with Crippen molar-refractivity contribution in [2.24, 2.45) is 0 Å². The minimum atomic E-state index is 0.00229. The van der Waals surface area contributed by atoms with Gasteiger partial charge in [0.1, 0.15) is 18.1 Å². The number of aldehydes is 1. The maximum atomic E-state index is 10.3. The van der Waals surface area contributed by atoms with Gasteiger partial charge >= 0.3 is 0 Å². The van der Waals surface area contributed by atoms with E-state index in [1.165, 1.54) is 0 Å². The Hall–Kier alpha value is -1.82. The van der Waals surface area contributed by atoms with Gasteiger partial charge in [0.15, 0.2) is 6.61 Å². The Labute approximate surface area is 70.2 Å². The van der Waals surface area contributed by atoms with Gasteiger partial charge in [-0.1, -0.05) is 12.1 Å². The van der Waals surface area contributed by atoms with Crippen LogP contribution < -0.4 is 4.74 Å². The number of benzene rings is 1. The molecular formula is C9H7NO2. The summed E-state index contributed by atoms with van der Waals surface area (Å²) in [6, 6.07) is 8.51. The van der Waals surface area contributed by atoms with Gasteiger partial charge in [-0.3, -0.25) is 4.79 Å². The third-order valence-corrected chi connectivity index (χ3v) is 1.30. The summed E-state index contributed by atoms with van der Waals surface area (Å²) < 4.78 is 4.98. The predicted octanol–water partition coefficient (Wildman–Crippen LogP) is 1.40. The summed E-state index contributed by atoms with van der Waals surface area (Å²) in [7, 11) is 0. The molecule has 0 amide bonds. The molecule has 1 aromatic rings. The molecule has 1 rings (SSSR count). The molecule has 0 spiro atoms. The Morgan fingerprint density at radius 1 is 1.58 bits per heavy atom. The van der Waals surface area contributed by atoms with Crippen LogP contribution in [-0.4, -0.2) is 12.9 Å². The van der Waals surface area contributed by atoms with Crippen molar-refractivity contribution in [3.63, 3.8) is 0 Å². The fourth-order valence-corrected chi connectivity index (χ4v) is 0.793. The molecular weight excluding hydrogens is 154 g/mol. The lowest BCUT2D eigenvalue weighted by Crippen LogP contribution is -1.93. The van der Waals surface area contributed by atoms with Crippen LogP contribution in [-0.2, 0) is 0 Å². The van der Waals surface area contributed by atoms with Crippen molar-refractivity contribution in [3.8, 4) is 11.8 Å². The number of carbonyl (C=O) groups excluding carboxylic acids is 1. The monoisotopic (exact) mass is 161 g/mol. The first kappa shape index (κ1) is 8.28. The van der Waals surface area contributed by atoms with Gasteiger partial charge in [-0.25, -0.2) is 0 Å². The fraction of sp³-hybridized carbons (Fsp3) is 0.111. The number of nitrogens with zero attached hydrogens (tertiary/aromatic N) is 1. The normalized spacial score (nSPS) is 8.58. The molecule has 0 unspecified atom stereocenters. The molecule has 3 heteroatoms. The molecule has 0 fully saturated rings. The molecule has 0 aliphatic carbocycles. The van der Waals surface area contributed by atoms with Crippen molar-refractivity contribution < 1.29 is 9.53 Å². The number of ether oxygens (including phenoxy) is 1. The zero-order valence-corrected chi connectivity index (χ0v) is 6.36. The average molecular weight is 161 g/mol. The third kappa shape index (κ3) is 2.10. The van der Waals surface area contributed by atoms with Gasteiger partial charge in [0.05, 0.1) is 0 Å². The summed E-state index contributed by atoms with van der Waals surface area (Å²) >= 11 is 0. The summed E-state index contributed by atoms with van der Waals surface area (Å²) in [5.74, 6) is 0.543. The number of nitriles is 1. The molecule has 0 saturated heterocycles. The minimum absolute atomic E-state index is 0.00229. The summed E-state index contributed by atoms with van der Waals surface area (Å²) in [5.41, 5.74) is 0.547. The zero-order chi connectivity index (χ0) is 8.81. The molecule has 0 heterocycles. The van der Waals surface area contributed by atoms with Crippen LogP contribution in [0.4, 0.5) is 0 Å². The summed E-state index contributed by atoms with van der Waals surface area (Å²) in [6.07, 6.45) is 0.735. The molecule has 0 N–H and O–H groups in total. The Bertz CT molecular complexity index is 315.